The molecule has 2 rings (SSSR count). The van der Waals surface area contributed by atoms with Gasteiger partial charge in [-0.15, -0.1) is 0 Å². The van der Waals surface area contributed by atoms with E-state index >= 15 is 0 Å². The molecule has 0 aliphatic heterocycles. The van der Waals surface area contributed by atoms with Gasteiger partial charge in [-0.1, -0.05) is 25.7 Å². The second-order valence-electron chi connectivity index (χ2n) is 6.46. The highest BCUT2D eigenvalue weighted by molar-refractivity contribution is 4.88. The molecule has 2 atom stereocenters. The molecule has 2 aliphatic rings. The molecular formula is C15H30N2. The molecule has 0 saturated heterocycles. The molecule has 0 bridgehead atoms. The van der Waals surface area contributed by atoms with Crippen molar-refractivity contribution in [2.75, 3.05) is 6.54 Å². The van der Waals surface area contributed by atoms with Crippen molar-refractivity contribution < 1.29 is 0 Å². The monoisotopic (exact) mass is 238 g/mol. The highest BCUT2D eigenvalue weighted by Crippen LogP contribution is 2.32. The molecule has 0 spiro atoms. The minimum Gasteiger partial charge on any atom is -0.326 e. The average molecular weight is 238 g/mol. The Morgan fingerprint density at radius 1 is 1.00 bits per heavy atom. The zero-order valence-corrected chi connectivity index (χ0v) is 11.7. The van der Waals surface area contributed by atoms with E-state index in [-0.39, 0.29) is 0 Å². The third-order valence-corrected chi connectivity index (χ3v) is 4.54. The van der Waals surface area contributed by atoms with Gasteiger partial charge in [-0.05, 0) is 45.4 Å². The Hall–Kier alpha value is -0.0800. The highest BCUT2D eigenvalue weighted by Gasteiger charge is 2.32. The first-order valence-corrected chi connectivity index (χ1v) is 7.70. The minimum absolute atomic E-state index is 0.413. The van der Waals surface area contributed by atoms with E-state index in [4.69, 9.17) is 5.73 Å². The number of hydrogen-bond acceptors (Lipinski definition) is 2. The van der Waals surface area contributed by atoms with Gasteiger partial charge in [-0.2, -0.15) is 0 Å². The predicted octanol–water partition coefficient (Wildman–Crippen LogP) is 3.16. The summed E-state index contributed by atoms with van der Waals surface area (Å²) >= 11 is 0. The van der Waals surface area contributed by atoms with Crippen molar-refractivity contribution in [2.24, 2.45) is 11.7 Å². The van der Waals surface area contributed by atoms with Crippen LogP contribution >= 0.6 is 0 Å². The fourth-order valence-corrected chi connectivity index (χ4v) is 3.23. The molecule has 2 fully saturated rings. The molecule has 2 nitrogen and oxygen atoms in total. The van der Waals surface area contributed by atoms with E-state index in [0.29, 0.717) is 18.1 Å². The van der Waals surface area contributed by atoms with Crippen LogP contribution in [-0.4, -0.2) is 29.6 Å². The van der Waals surface area contributed by atoms with Crippen LogP contribution in [0.25, 0.3) is 0 Å². The number of hydrogen-bond donors (Lipinski definition) is 1. The Labute approximate surface area is 107 Å². The quantitative estimate of drug-likeness (QED) is 0.815. The maximum absolute atomic E-state index is 6.44. The van der Waals surface area contributed by atoms with Gasteiger partial charge in [0.05, 0.1) is 0 Å². The summed E-state index contributed by atoms with van der Waals surface area (Å²) in [5.74, 6) is 0.982. The van der Waals surface area contributed by atoms with E-state index in [1.165, 1.54) is 57.9 Å². The van der Waals surface area contributed by atoms with Crippen molar-refractivity contribution in [2.45, 2.75) is 83.3 Å². The Kier molecular flexibility index (Phi) is 4.87. The van der Waals surface area contributed by atoms with Crippen LogP contribution in [0.1, 0.15) is 65.2 Å². The molecular weight excluding hydrogens is 208 g/mol. The standard InChI is InChI=1S/C15H30N2/c1-12(2)17(11-13-9-10-13)15-8-6-4-3-5-7-14(15)16/h12-15H,3-11,16H2,1-2H3. The molecule has 100 valence electrons. The van der Waals surface area contributed by atoms with Crippen LogP contribution in [0, 0.1) is 5.92 Å². The normalized spacial score (nSPS) is 31.6. The maximum Gasteiger partial charge on any atom is 0.0250 e. The van der Waals surface area contributed by atoms with Crippen LogP contribution in [0.3, 0.4) is 0 Å². The second-order valence-corrected chi connectivity index (χ2v) is 6.46. The summed E-state index contributed by atoms with van der Waals surface area (Å²) < 4.78 is 0. The average Bonchev–Trinajstić information content (AvgIpc) is 3.05. The van der Waals surface area contributed by atoms with Crippen LogP contribution in [-0.2, 0) is 0 Å². The third kappa shape index (κ3) is 3.96. The van der Waals surface area contributed by atoms with Gasteiger partial charge in [-0.25, -0.2) is 0 Å². The second kappa shape index (κ2) is 6.19. The largest absolute Gasteiger partial charge is 0.326 e. The smallest absolute Gasteiger partial charge is 0.0250 e. The van der Waals surface area contributed by atoms with Gasteiger partial charge in [0.1, 0.15) is 0 Å². The lowest BCUT2D eigenvalue weighted by Gasteiger charge is -2.39. The zero-order valence-electron chi connectivity index (χ0n) is 11.7. The molecule has 2 heteroatoms. The Balaban J connectivity index is 1.96. The summed E-state index contributed by atoms with van der Waals surface area (Å²) in [6, 6.07) is 1.72. The summed E-state index contributed by atoms with van der Waals surface area (Å²) in [7, 11) is 0. The first-order chi connectivity index (χ1) is 8.18. The van der Waals surface area contributed by atoms with Crippen LogP contribution in [0.4, 0.5) is 0 Å². The van der Waals surface area contributed by atoms with Crippen molar-refractivity contribution in [3.8, 4) is 0 Å². The molecule has 17 heavy (non-hydrogen) atoms. The Morgan fingerprint density at radius 3 is 2.24 bits per heavy atom. The lowest BCUT2D eigenvalue weighted by atomic mass is 9.91. The minimum atomic E-state index is 0.413. The molecule has 0 radical (unpaired) electrons. The predicted molar refractivity (Wildman–Crippen MR) is 74.0 cm³/mol. The van der Waals surface area contributed by atoms with Crippen LogP contribution in [0.15, 0.2) is 0 Å². The third-order valence-electron chi connectivity index (χ3n) is 4.54. The zero-order chi connectivity index (χ0) is 12.3. The van der Waals surface area contributed by atoms with Crippen LogP contribution in [0.2, 0.25) is 0 Å². The number of rotatable bonds is 4. The van der Waals surface area contributed by atoms with Crippen molar-refractivity contribution in [1.82, 2.24) is 4.90 Å². The Bertz CT molecular complexity index is 223. The van der Waals surface area contributed by atoms with Gasteiger partial charge >= 0.3 is 0 Å². The summed E-state index contributed by atoms with van der Waals surface area (Å²) in [5, 5.41) is 0. The first kappa shape index (κ1) is 13.4. The van der Waals surface area contributed by atoms with Gasteiger partial charge < -0.3 is 5.73 Å². The molecule has 0 aromatic heterocycles. The SMILES string of the molecule is CC(C)N(CC1CC1)C1CCCCCCC1N. The van der Waals surface area contributed by atoms with Gasteiger partial charge in [-0.3, -0.25) is 4.90 Å². The highest BCUT2D eigenvalue weighted by atomic mass is 15.2. The topological polar surface area (TPSA) is 29.3 Å². The fraction of sp³-hybridized carbons (Fsp3) is 1.00. The lowest BCUT2D eigenvalue weighted by molar-refractivity contribution is 0.108. The molecule has 2 saturated carbocycles. The summed E-state index contributed by atoms with van der Waals surface area (Å²) in [4.78, 5) is 2.72. The van der Waals surface area contributed by atoms with Gasteiger partial charge in [0.2, 0.25) is 0 Å². The van der Waals surface area contributed by atoms with Crippen molar-refractivity contribution >= 4 is 0 Å². The summed E-state index contributed by atoms with van der Waals surface area (Å²) in [5.41, 5.74) is 6.44. The first-order valence-electron chi connectivity index (χ1n) is 7.70. The maximum atomic E-state index is 6.44. The lowest BCUT2D eigenvalue weighted by Crippen LogP contribution is -2.51. The van der Waals surface area contributed by atoms with Gasteiger partial charge in [0.15, 0.2) is 0 Å². The molecule has 2 N–H and O–H groups in total. The summed E-state index contributed by atoms with van der Waals surface area (Å²) in [6.45, 7) is 5.98. The molecule has 0 amide bonds. The number of nitrogens with two attached hydrogens (primary N) is 1. The van der Waals surface area contributed by atoms with Crippen molar-refractivity contribution in [1.29, 1.82) is 0 Å². The van der Waals surface area contributed by atoms with E-state index in [1.807, 2.05) is 0 Å². The molecule has 2 aliphatic carbocycles. The van der Waals surface area contributed by atoms with Gasteiger partial charge in [0, 0.05) is 24.7 Å². The molecule has 2 unspecified atom stereocenters. The summed E-state index contributed by atoms with van der Waals surface area (Å²) in [6.07, 6.45) is 11.0. The van der Waals surface area contributed by atoms with E-state index in [1.54, 1.807) is 0 Å². The fourth-order valence-electron chi connectivity index (χ4n) is 3.23. The van der Waals surface area contributed by atoms with Crippen LogP contribution in [0.5, 0.6) is 0 Å². The molecule has 0 heterocycles. The number of nitrogens with zero attached hydrogens (tertiary/aromatic N) is 1. The van der Waals surface area contributed by atoms with E-state index < -0.39 is 0 Å². The van der Waals surface area contributed by atoms with Crippen molar-refractivity contribution in [3.05, 3.63) is 0 Å². The molecule has 0 aromatic carbocycles. The van der Waals surface area contributed by atoms with Crippen molar-refractivity contribution in [3.63, 3.8) is 0 Å². The Morgan fingerprint density at radius 2 is 1.65 bits per heavy atom. The van der Waals surface area contributed by atoms with Gasteiger partial charge in [0.25, 0.3) is 0 Å². The van der Waals surface area contributed by atoms with E-state index in [2.05, 4.69) is 18.7 Å². The van der Waals surface area contributed by atoms with Crippen LogP contribution < -0.4 is 5.73 Å². The molecule has 0 aromatic rings. The van der Waals surface area contributed by atoms with E-state index in [0.717, 1.165) is 5.92 Å². The van der Waals surface area contributed by atoms with E-state index in [9.17, 15) is 0 Å².